The maximum absolute atomic E-state index is 13.9. The zero-order valence-electron chi connectivity index (χ0n) is 21.9. The van der Waals surface area contributed by atoms with Gasteiger partial charge in [0.15, 0.2) is 0 Å². The lowest BCUT2D eigenvalue weighted by molar-refractivity contribution is -0.153. The molecule has 3 aromatic rings. The van der Waals surface area contributed by atoms with Crippen molar-refractivity contribution in [3.8, 4) is 5.75 Å². The zero-order chi connectivity index (χ0) is 28.2. The summed E-state index contributed by atoms with van der Waals surface area (Å²) in [6.07, 6.45) is 2.59. The van der Waals surface area contributed by atoms with Gasteiger partial charge in [0.25, 0.3) is 0 Å². The van der Waals surface area contributed by atoms with Crippen molar-refractivity contribution in [2.24, 2.45) is 11.1 Å². The Labute approximate surface area is 225 Å². The molecule has 4 N–H and O–H groups in total. The number of aliphatic hydroxyl groups excluding tert-OH is 1. The Morgan fingerprint density at radius 3 is 2.49 bits per heavy atom. The number of nitrogens with two attached hydrogens (primary N) is 1. The molecule has 0 saturated carbocycles. The molecule has 0 bridgehead atoms. The topological polar surface area (TPSA) is 109 Å². The molecular formula is C29H34F3N3O4. The van der Waals surface area contributed by atoms with Crippen LogP contribution < -0.4 is 10.5 Å². The second-order valence-corrected chi connectivity index (χ2v) is 10.2. The average Bonchev–Trinajstić information content (AvgIpc) is 2.92. The van der Waals surface area contributed by atoms with Gasteiger partial charge in [-0.1, -0.05) is 0 Å². The first-order valence-electron chi connectivity index (χ1n) is 13.1. The molecule has 1 aliphatic heterocycles. The number of carboxylic acid groups (broad SMARTS) is 1. The monoisotopic (exact) mass is 545 g/mol. The predicted octanol–water partition coefficient (Wildman–Crippen LogP) is 4.73. The molecule has 1 fully saturated rings. The van der Waals surface area contributed by atoms with Crippen molar-refractivity contribution in [1.29, 1.82) is 0 Å². The van der Waals surface area contributed by atoms with Crippen molar-refractivity contribution in [1.82, 2.24) is 9.88 Å². The van der Waals surface area contributed by atoms with E-state index in [0.717, 1.165) is 5.39 Å². The fourth-order valence-corrected chi connectivity index (χ4v) is 5.54. The lowest BCUT2D eigenvalue weighted by Gasteiger charge is -2.39. The summed E-state index contributed by atoms with van der Waals surface area (Å²) >= 11 is 0. The van der Waals surface area contributed by atoms with E-state index >= 15 is 0 Å². The minimum Gasteiger partial charge on any atom is -0.497 e. The number of methoxy groups -OCH3 is 1. The molecule has 0 amide bonds. The van der Waals surface area contributed by atoms with Gasteiger partial charge in [-0.15, -0.1) is 0 Å². The van der Waals surface area contributed by atoms with Crippen LogP contribution in [0.25, 0.3) is 10.9 Å². The van der Waals surface area contributed by atoms with Crippen LogP contribution in [-0.4, -0.2) is 52.8 Å². The van der Waals surface area contributed by atoms with Gasteiger partial charge in [0, 0.05) is 35.8 Å². The molecule has 1 aromatic heterocycles. The van der Waals surface area contributed by atoms with E-state index < -0.39 is 34.9 Å². The normalized spacial score (nSPS) is 16.4. The number of hydrogen-bond donors (Lipinski definition) is 3. The molecule has 1 atom stereocenters. The van der Waals surface area contributed by atoms with Crippen LogP contribution in [0.15, 0.2) is 36.5 Å². The number of carboxylic acids is 1. The van der Waals surface area contributed by atoms with Crippen LogP contribution in [0.1, 0.15) is 54.9 Å². The molecule has 2 aromatic carbocycles. The Balaban J connectivity index is 1.39. The Hall–Kier alpha value is -3.21. The lowest BCUT2D eigenvalue weighted by atomic mass is 9.73. The largest absolute Gasteiger partial charge is 0.497 e. The maximum atomic E-state index is 13.9. The minimum absolute atomic E-state index is 0.124. The molecular weight excluding hydrogens is 511 g/mol. The molecule has 7 nitrogen and oxygen atoms in total. The molecule has 4 rings (SSSR count). The van der Waals surface area contributed by atoms with Gasteiger partial charge >= 0.3 is 5.97 Å². The van der Waals surface area contributed by atoms with Crippen LogP contribution in [0.2, 0.25) is 0 Å². The van der Waals surface area contributed by atoms with E-state index in [2.05, 4.69) is 9.88 Å². The molecule has 210 valence electrons. The Morgan fingerprint density at radius 1 is 1.18 bits per heavy atom. The number of aromatic nitrogens is 1. The van der Waals surface area contributed by atoms with Gasteiger partial charge in [-0.05, 0) is 87.5 Å². The Bertz CT molecular complexity index is 1300. The highest BCUT2D eigenvalue weighted by Gasteiger charge is 2.41. The van der Waals surface area contributed by atoms with Crippen LogP contribution in [0.5, 0.6) is 5.75 Å². The quantitative estimate of drug-likeness (QED) is 0.320. The summed E-state index contributed by atoms with van der Waals surface area (Å²) in [5.41, 5.74) is 6.82. The molecule has 0 aliphatic carbocycles. The number of likely N-dealkylation sites (tertiary alicyclic amines) is 1. The fraction of sp³-hybridized carbons (Fsp3) is 0.448. The first-order chi connectivity index (χ1) is 18.7. The van der Waals surface area contributed by atoms with Gasteiger partial charge in [-0.2, -0.15) is 0 Å². The molecule has 1 aliphatic rings. The van der Waals surface area contributed by atoms with Crippen molar-refractivity contribution >= 4 is 16.9 Å². The number of aliphatic hydroxyl groups is 1. The first kappa shape index (κ1) is 28.8. The molecule has 0 unspecified atom stereocenters. The van der Waals surface area contributed by atoms with E-state index in [0.29, 0.717) is 73.4 Å². The number of aliphatic carboxylic acids is 1. The van der Waals surface area contributed by atoms with Gasteiger partial charge in [0.1, 0.15) is 23.2 Å². The highest BCUT2D eigenvalue weighted by atomic mass is 19.1. The van der Waals surface area contributed by atoms with Gasteiger partial charge in [0.05, 0.1) is 24.1 Å². The van der Waals surface area contributed by atoms with Crippen LogP contribution in [0.4, 0.5) is 13.2 Å². The highest BCUT2D eigenvalue weighted by Crippen LogP contribution is 2.40. The van der Waals surface area contributed by atoms with Crippen LogP contribution >= 0.6 is 0 Å². The summed E-state index contributed by atoms with van der Waals surface area (Å²) in [5.74, 6) is -3.02. The van der Waals surface area contributed by atoms with Crippen molar-refractivity contribution in [2.45, 2.75) is 51.2 Å². The number of fused-ring (bicyclic) bond motifs is 1. The SMILES string of the molecule is COc1ccc2ncc(CN)c([C@H](O)CCC3(C(=O)O)CCN(CCCc4c(F)cc(F)cc4F)CC3)c2c1. The van der Waals surface area contributed by atoms with E-state index in [9.17, 15) is 28.2 Å². The molecule has 1 saturated heterocycles. The van der Waals surface area contributed by atoms with E-state index in [4.69, 9.17) is 10.5 Å². The smallest absolute Gasteiger partial charge is 0.309 e. The number of piperidine rings is 1. The third-order valence-electron chi connectivity index (χ3n) is 7.92. The van der Waals surface area contributed by atoms with Crippen LogP contribution in [0, 0.1) is 22.9 Å². The summed E-state index contributed by atoms with van der Waals surface area (Å²) in [6, 6.07) is 6.74. The van der Waals surface area contributed by atoms with Gasteiger partial charge < -0.3 is 25.6 Å². The molecule has 10 heteroatoms. The minimum atomic E-state index is -0.990. The lowest BCUT2D eigenvalue weighted by Crippen LogP contribution is -2.44. The zero-order valence-corrected chi connectivity index (χ0v) is 21.9. The fourth-order valence-electron chi connectivity index (χ4n) is 5.54. The van der Waals surface area contributed by atoms with Crippen molar-refractivity contribution in [3.63, 3.8) is 0 Å². The van der Waals surface area contributed by atoms with Crippen LogP contribution in [-0.2, 0) is 17.8 Å². The second kappa shape index (κ2) is 12.3. The third-order valence-corrected chi connectivity index (χ3v) is 7.92. The summed E-state index contributed by atoms with van der Waals surface area (Å²) in [4.78, 5) is 18.9. The number of halogens is 3. The van der Waals surface area contributed by atoms with E-state index in [1.54, 1.807) is 31.5 Å². The number of pyridine rings is 1. The Kier molecular flexibility index (Phi) is 9.09. The average molecular weight is 546 g/mol. The van der Waals surface area contributed by atoms with E-state index in [1.807, 2.05) is 0 Å². The number of rotatable bonds is 11. The van der Waals surface area contributed by atoms with Crippen molar-refractivity contribution in [2.75, 3.05) is 26.7 Å². The summed E-state index contributed by atoms with van der Waals surface area (Å²) in [6.45, 7) is 1.75. The number of nitrogens with zero attached hydrogens (tertiary/aromatic N) is 2. The van der Waals surface area contributed by atoms with Gasteiger partial charge in [0.2, 0.25) is 0 Å². The highest BCUT2D eigenvalue weighted by molar-refractivity contribution is 5.85. The van der Waals surface area contributed by atoms with Crippen molar-refractivity contribution < 1.29 is 32.9 Å². The van der Waals surface area contributed by atoms with Crippen LogP contribution in [0.3, 0.4) is 0 Å². The summed E-state index contributed by atoms with van der Waals surface area (Å²) < 4.78 is 46.3. The van der Waals surface area contributed by atoms with Gasteiger partial charge in [-0.3, -0.25) is 9.78 Å². The van der Waals surface area contributed by atoms with Gasteiger partial charge in [-0.25, -0.2) is 13.2 Å². The standard InChI is InChI=1S/C29H34F3N3O4/c1-39-20-4-5-25-22(15-20)27(18(16-33)17-34-25)26(36)6-7-29(28(37)38)8-11-35(12-9-29)10-2-3-21-23(31)13-19(30)14-24(21)32/h4-5,13-15,17,26,36H,2-3,6-12,16,33H2,1H3,(H,37,38)/t26-/m1/s1. The van der Waals surface area contributed by atoms with Crippen molar-refractivity contribution in [3.05, 3.63) is 70.7 Å². The number of benzene rings is 2. The molecule has 0 radical (unpaired) electrons. The molecule has 0 spiro atoms. The first-order valence-corrected chi connectivity index (χ1v) is 13.1. The van der Waals surface area contributed by atoms with E-state index in [-0.39, 0.29) is 31.4 Å². The second-order valence-electron chi connectivity index (χ2n) is 10.2. The number of ether oxygens (including phenoxy) is 1. The molecule has 39 heavy (non-hydrogen) atoms. The maximum Gasteiger partial charge on any atom is 0.309 e. The summed E-state index contributed by atoms with van der Waals surface area (Å²) in [5, 5.41) is 22.1. The third kappa shape index (κ3) is 6.34. The number of hydrogen-bond acceptors (Lipinski definition) is 6. The summed E-state index contributed by atoms with van der Waals surface area (Å²) in [7, 11) is 1.56. The van der Waals surface area contributed by atoms with E-state index in [1.165, 1.54) is 0 Å². The molecule has 2 heterocycles. The predicted molar refractivity (Wildman–Crippen MR) is 141 cm³/mol. The Morgan fingerprint density at radius 2 is 1.87 bits per heavy atom. The number of carbonyl (C=O) groups is 1.